The number of H-pyrrole nitrogens is 1. The number of hydrogen-bond acceptors (Lipinski definition) is 6. The van der Waals surface area contributed by atoms with Crippen molar-refractivity contribution < 1.29 is 19.1 Å². The molecule has 31 heavy (non-hydrogen) atoms. The number of nitrogens with one attached hydrogen (secondary N) is 3. The highest BCUT2D eigenvalue weighted by atomic mass is 16.5. The number of hydrazine groups is 1. The van der Waals surface area contributed by atoms with Gasteiger partial charge in [0.25, 0.3) is 0 Å². The molecule has 2 aromatic rings. The fraction of sp³-hybridized carbons (Fsp3) is 0.227. The van der Waals surface area contributed by atoms with Gasteiger partial charge in [0.05, 0.1) is 35.7 Å². The highest BCUT2D eigenvalue weighted by Crippen LogP contribution is 2.42. The number of carbonyl (C=O) groups excluding carboxylic acids is 3. The minimum absolute atomic E-state index is 0.206. The van der Waals surface area contributed by atoms with E-state index < -0.39 is 6.03 Å². The van der Waals surface area contributed by atoms with Crippen LogP contribution < -0.4 is 10.7 Å². The molecule has 0 atom stereocenters. The van der Waals surface area contributed by atoms with Crippen LogP contribution in [0.1, 0.15) is 28.0 Å². The Balaban J connectivity index is 1.42. The molecule has 1 fully saturated rings. The fourth-order valence-corrected chi connectivity index (χ4v) is 3.97. The highest BCUT2D eigenvalue weighted by molar-refractivity contribution is 6.26. The van der Waals surface area contributed by atoms with Crippen molar-refractivity contribution in [3.63, 3.8) is 0 Å². The number of carbonyl (C=O) groups is 2. The lowest BCUT2D eigenvalue weighted by molar-refractivity contribution is 0.0207. The average molecular weight is 417 g/mol. The minimum atomic E-state index is -0.414. The van der Waals surface area contributed by atoms with E-state index in [0.29, 0.717) is 72.1 Å². The van der Waals surface area contributed by atoms with Crippen molar-refractivity contribution in [1.29, 1.82) is 0 Å². The topological polar surface area (TPSA) is 116 Å². The second-order valence-corrected chi connectivity index (χ2v) is 7.37. The molecule has 1 aliphatic heterocycles. The number of amides is 2. The largest absolute Gasteiger partial charge is 0.379 e. The van der Waals surface area contributed by atoms with Crippen LogP contribution in [0.3, 0.4) is 0 Å². The summed E-state index contributed by atoms with van der Waals surface area (Å²) < 4.78 is 5.28. The molecule has 0 spiro atoms. The predicted octanol–water partition coefficient (Wildman–Crippen LogP) is 2.09. The number of urea groups is 1. The molecule has 2 heterocycles. The third-order valence-electron chi connectivity index (χ3n) is 5.48. The van der Waals surface area contributed by atoms with Gasteiger partial charge in [-0.3, -0.25) is 15.3 Å². The summed E-state index contributed by atoms with van der Waals surface area (Å²) in [5.74, 6) is 1.68. The summed E-state index contributed by atoms with van der Waals surface area (Å²) in [7, 11) is 0. The molecule has 156 valence electrons. The Kier molecular flexibility index (Phi) is 4.83. The Morgan fingerprint density at radius 2 is 2.03 bits per heavy atom. The third-order valence-corrected chi connectivity index (χ3v) is 5.48. The lowest BCUT2D eigenvalue weighted by Gasteiger charge is -2.27. The van der Waals surface area contributed by atoms with Crippen LogP contribution in [0.25, 0.3) is 16.8 Å². The predicted molar refractivity (Wildman–Crippen MR) is 113 cm³/mol. The van der Waals surface area contributed by atoms with E-state index in [1.165, 1.54) is 0 Å². The van der Waals surface area contributed by atoms with Gasteiger partial charge in [-0.25, -0.2) is 14.6 Å². The lowest BCUT2D eigenvalue weighted by atomic mass is 9.97. The number of fused-ring (bicyclic) bond motifs is 3. The molecule has 9 heteroatoms. The van der Waals surface area contributed by atoms with E-state index in [1.807, 2.05) is 18.1 Å². The number of ketones is 1. The number of allylic oxidation sites excluding steroid dienone is 5. The molecular weight excluding hydrogens is 398 g/mol. The fourth-order valence-electron chi connectivity index (χ4n) is 3.97. The van der Waals surface area contributed by atoms with Gasteiger partial charge in [-0.1, -0.05) is 24.3 Å². The number of aromatic amines is 1. The van der Waals surface area contributed by atoms with Gasteiger partial charge in [-0.2, -0.15) is 5.10 Å². The number of morpholine rings is 1. The van der Waals surface area contributed by atoms with E-state index in [0.717, 1.165) is 5.57 Å². The lowest BCUT2D eigenvalue weighted by Crippen LogP contribution is -2.49. The Morgan fingerprint density at radius 1 is 1.19 bits per heavy atom. The Morgan fingerprint density at radius 3 is 2.77 bits per heavy atom. The summed E-state index contributed by atoms with van der Waals surface area (Å²) in [6.45, 7) is 2.31. The summed E-state index contributed by atoms with van der Waals surface area (Å²) in [5, 5.41) is 11.9. The number of aromatic nitrogens is 2. The van der Waals surface area contributed by atoms with Gasteiger partial charge in [-0.05, 0) is 17.7 Å². The Hall–Kier alpha value is -3.78. The Bertz CT molecular complexity index is 1200. The molecule has 5 rings (SSSR count). The van der Waals surface area contributed by atoms with Crippen LogP contribution in [0.2, 0.25) is 0 Å². The van der Waals surface area contributed by atoms with Gasteiger partial charge in [0.2, 0.25) is 0 Å². The van der Waals surface area contributed by atoms with Gasteiger partial charge >= 0.3 is 6.03 Å². The molecule has 2 amide bonds. The molecule has 2 aliphatic carbocycles. The van der Waals surface area contributed by atoms with E-state index in [2.05, 4.69) is 20.9 Å². The molecule has 1 aromatic heterocycles. The maximum atomic E-state index is 13.3. The standard InChI is InChI=1S/C22H19N5O4/c28-12-13-4-6-14(7-5-13)19-18-20(25-24-19)15-2-1-3-16(17(15)21(18)29)23-22(30)26-27-8-10-31-11-9-27/h1-4,6-7H,5,8-11H2,(H,24,25)(H2,23,26,30). The first kappa shape index (κ1) is 19.2. The number of rotatable bonds is 3. The van der Waals surface area contributed by atoms with Gasteiger partial charge < -0.3 is 10.1 Å². The van der Waals surface area contributed by atoms with Crippen LogP contribution in [-0.2, 0) is 9.53 Å². The molecule has 9 nitrogen and oxygen atoms in total. The van der Waals surface area contributed by atoms with Crippen molar-refractivity contribution in [1.82, 2.24) is 20.6 Å². The molecule has 0 bridgehead atoms. The van der Waals surface area contributed by atoms with E-state index in [-0.39, 0.29) is 5.78 Å². The van der Waals surface area contributed by atoms with E-state index in [4.69, 9.17) is 4.74 Å². The number of anilines is 1. The average Bonchev–Trinajstić information content (AvgIpc) is 3.35. The molecule has 3 N–H and O–H groups in total. The number of hydrogen-bond donors (Lipinski definition) is 3. The molecule has 1 saturated heterocycles. The zero-order valence-electron chi connectivity index (χ0n) is 16.5. The smallest absolute Gasteiger partial charge is 0.333 e. The van der Waals surface area contributed by atoms with Crippen LogP contribution in [-0.4, -0.2) is 59.3 Å². The van der Waals surface area contributed by atoms with Gasteiger partial charge in [0, 0.05) is 30.6 Å². The van der Waals surface area contributed by atoms with E-state index in [9.17, 15) is 14.4 Å². The van der Waals surface area contributed by atoms with Gasteiger partial charge in [-0.15, -0.1) is 0 Å². The molecular formula is C22H19N5O4. The number of ether oxygens (including phenoxy) is 1. The summed E-state index contributed by atoms with van der Waals surface area (Å²) in [6, 6.07) is 4.90. The summed E-state index contributed by atoms with van der Waals surface area (Å²) >= 11 is 0. The molecule has 0 saturated carbocycles. The first-order valence-electron chi connectivity index (χ1n) is 9.95. The first-order chi connectivity index (χ1) is 15.2. The highest BCUT2D eigenvalue weighted by Gasteiger charge is 2.35. The second kappa shape index (κ2) is 7.81. The van der Waals surface area contributed by atoms with Crippen LogP contribution in [0, 0.1) is 0 Å². The van der Waals surface area contributed by atoms with Crippen molar-refractivity contribution >= 4 is 29.0 Å². The minimum Gasteiger partial charge on any atom is -0.379 e. The van der Waals surface area contributed by atoms with E-state index >= 15 is 0 Å². The SMILES string of the molecule is O=C=C1C=CC(c2n[nH]c3c2C(=O)c2c(NC(=O)NN4CCOCC4)cccc2-3)=CC1. The van der Waals surface area contributed by atoms with Crippen molar-refractivity contribution in [2.75, 3.05) is 31.6 Å². The molecule has 1 aromatic carbocycles. The zero-order valence-corrected chi connectivity index (χ0v) is 16.5. The maximum absolute atomic E-state index is 13.3. The van der Waals surface area contributed by atoms with Gasteiger partial charge in [0.15, 0.2) is 5.78 Å². The van der Waals surface area contributed by atoms with Crippen molar-refractivity contribution in [2.45, 2.75) is 6.42 Å². The molecule has 3 aliphatic rings. The van der Waals surface area contributed by atoms with Crippen molar-refractivity contribution in [2.24, 2.45) is 0 Å². The maximum Gasteiger partial charge on any atom is 0.333 e. The molecule has 0 radical (unpaired) electrons. The third kappa shape index (κ3) is 3.40. The summed E-state index contributed by atoms with van der Waals surface area (Å²) in [6.07, 6.45) is 5.72. The van der Waals surface area contributed by atoms with Crippen LogP contribution in [0.15, 0.2) is 42.0 Å². The number of benzene rings is 1. The summed E-state index contributed by atoms with van der Waals surface area (Å²) in [4.78, 5) is 36.7. The molecule has 0 unspecified atom stereocenters. The van der Waals surface area contributed by atoms with Crippen molar-refractivity contribution in [3.8, 4) is 11.3 Å². The zero-order chi connectivity index (χ0) is 21.4. The van der Waals surface area contributed by atoms with Crippen LogP contribution in [0.5, 0.6) is 0 Å². The van der Waals surface area contributed by atoms with E-state index in [1.54, 1.807) is 29.3 Å². The van der Waals surface area contributed by atoms with Crippen LogP contribution >= 0.6 is 0 Å². The normalized spacial score (nSPS) is 17.6. The summed E-state index contributed by atoms with van der Waals surface area (Å²) in [5.41, 5.74) is 7.26. The van der Waals surface area contributed by atoms with Crippen LogP contribution in [0.4, 0.5) is 10.5 Å². The first-order valence-corrected chi connectivity index (χ1v) is 9.95. The Labute approximate surface area is 177 Å². The number of nitrogens with zero attached hydrogens (tertiary/aromatic N) is 2. The quantitative estimate of drug-likeness (QED) is 0.562. The monoisotopic (exact) mass is 417 g/mol. The second-order valence-electron chi connectivity index (χ2n) is 7.37. The van der Waals surface area contributed by atoms with Crippen molar-refractivity contribution in [3.05, 3.63) is 58.8 Å². The van der Waals surface area contributed by atoms with Gasteiger partial charge in [0.1, 0.15) is 11.6 Å².